The number of hydrogen-bond donors (Lipinski definition) is 2. The highest BCUT2D eigenvalue weighted by atomic mass is 19.1. The first-order chi connectivity index (χ1) is 13.5. The molecule has 0 aliphatic heterocycles. The average molecular weight is 379 g/mol. The van der Waals surface area contributed by atoms with Crippen LogP contribution in [0, 0.1) is 5.82 Å². The van der Waals surface area contributed by atoms with E-state index in [9.17, 15) is 9.18 Å². The Morgan fingerprint density at radius 2 is 1.89 bits per heavy atom. The van der Waals surface area contributed by atoms with Crippen molar-refractivity contribution in [1.82, 2.24) is 29.5 Å². The smallest absolute Gasteiger partial charge is 0.263 e. The molecule has 0 aliphatic carbocycles. The first kappa shape index (κ1) is 17.7. The molecule has 28 heavy (non-hydrogen) atoms. The first-order valence-electron chi connectivity index (χ1n) is 8.74. The molecule has 4 rings (SSSR count). The number of carbonyl (C=O) groups excluding carboxylic acids is 1. The van der Waals surface area contributed by atoms with Gasteiger partial charge in [0.25, 0.3) is 5.91 Å². The molecule has 0 aliphatic rings. The van der Waals surface area contributed by atoms with Crippen LogP contribution >= 0.6 is 0 Å². The Kier molecular flexibility index (Phi) is 4.48. The Morgan fingerprint density at radius 1 is 1.18 bits per heavy atom. The number of H-pyrrole nitrogens is 1. The van der Waals surface area contributed by atoms with E-state index in [1.54, 1.807) is 33.8 Å². The summed E-state index contributed by atoms with van der Waals surface area (Å²) in [6.07, 6.45) is 5.07. The van der Waals surface area contributed by atoms with E-state index < -0.39 is 5.91 Å². The molecule has 4 aromatic rings. The van der Waals surface area contributed by atoms with E-state index in [0.29, 0.717) is 22.9 Å². The van der Waals surface area contributed by atoms with Crippen LogP contribution in [-0.2, 0) is 0 Å². The third kappa shape index (κ3) is 3.29. The van der Waals surface area contributed by atoms with Crippen LogP contribution in [0.5, 0.6) is 0 Å². The molecule has 0 fully saturated rings. The maximum Gasteiger partial charge on any atom is 0.263 e. The number of hydrogen-bond acceptors (Lipinski definition) is 4. The van der Waals surface area contributed by atoms with Crippen molar-refractivity contribution >= 4 is 11.9 Å². The van der Waals surface area contributed by atoms with Crippen LogP contribution in [0.2, 0.25) is 0 Å². The fraction of sp³-hybridized carbons (Fsp3) is 0.158. The van der Waals surface area contributed by atoms with Crippen molar-refractivity contribution < 1.29 is 9.18 Å². The van der Waals surface area contributed by atoms with E-state index in [2.05, 4.69) is 25.6 Å². The first-order valence-corrected chi connectivity index (χ1v) is 8.74. The van der Waals surface area contributed by atoms with Crippen LogP contribution in [0.15, 0.2) is 55.0 Å². The molecule has 1 aromatic carbocycles. The number of benzene rings is 1. The van der Waals surface area contributed by atoms with Crippen LogP contribution in [0.25, 0.3) is 11.5 Å². The summed E-state index contributed by atoms with van der Waals surface area (Å²) < 4.78 is 16.6. The molecule has 0 saturated carbocycles. The summed E-state index contributed by atoms with van der Waals surface area (Å²) in [5, 5.41) is 13.9. The molecule has 0 bridgehead atoms. The summed E-state index contributed by atoms with van der Waals surface area (Å²) in [6, 6.07) is 9.57. The van der Waals surface area contributed by atoms with Gasteiger partial charge in [-0.15, -0.1) is 5.10 Å². The third-order valence-electron chi connectivity index (χ3n) is 4.18. The van der Waals surface area contributed by atoms with E-state index in [1.807, 2.05) is 26.0 Å². The maximum atomic E-state index is 13.3. The van der Waals surface area contributed by atoms with Crippen molar-refractivity contribution in [2.45, 2.75) is 19.8 Å². The monoisotopic (exact) mass is 379 g/mol. The Balaban J connectivity index is 1.72. The third-order valence-corrected chi connectivity index (χ3v) is 4.18. The summed E-state index contributed by atoms with van der Waals surface area (Å²) in [7, 11) is 0. The van der Waals surface area contributed by atoms with Gasteiger partial charge in [-0.3, -0.25) is 15.2 Å². The second-order valence-electron chi connectivity index (χ2n) is 6.51. The molecule has 0 radical (unpaired) electrons. The summed E-state index contributed by atoms with van der Waals surface area (Å²) in [4.78, 5) is 17.1. The summed E-state index contributed by atoms with van der Waals surface area (Å²) in [6.45, 7) is 3.95. The highest BCUT2D eigenvalue weighted by molar-refractivity contribution is 6.05. The lowest BCUT2D eigenvalue weighted by molar-refractivity contribution is 0.102. The molecule has 0 atom stereocenters. The van der Waals surface area contributed by atoms with Crippen molar-refractivity contribution in [2.24, 2.45) is 0 Å². The van der Waals surface area contributed by atoms with Crippen molar-refractivity contribution in [2.75, 3.05) is 5.32 Å². The zero-order valence-electron chi connectivity index (χ0n) is 15.3. The maximum absolute atomic E-state index is 13.3. The highest BCUT2D eigenvalue weighted by Gasteiger charge is 2.21. The number of carbonyl (C=O) groups is 1. The van der Waals surface area contributed by atoms with Crippen LogP contribution < -0.4 is 5.32 Å². The standard InChI is InChI=1S/C19H18FN7O/c1-12(2)16-22-19(25-24-16)23-17(28)15-11-21-27(14-7-5-13(20)6-8-14)18(15)26-9-3-4-10-26/h3-12H,1-2H3,(H2,22,23,24,25,28). The second kappa shape index (κ2) is 7.10. The quantitative estimate of drug-likeness (QED) is 0.556. The number of anilines is 1. The zero-order valence-corrected chi connectivity index (χ0v) is 15.3. The van der Waals surface area contributed by atoms with E-state index in [1.165, 1.54) is 18.3 Å². The number of nitrogens with zero attached hydrogens (tertiary/aromatic N) is 5. The minimum absolute atomic E-state index is 0.162. The van der Waals surface area contributed by atoms with Crippen molar-refractivity contribution in [1.29, 1.82) is 0 Å². The number of aromatic nitrogens is 6. The SMILES string of the molecule is CC(C)c1nc(NC(=O)c2cnn(-c3ccc(F)cc3)c2-n2cccc2)n[nH]1. The molecule has 9 heteroatoms. The van der Waals surface area contributed by atoms with Gasteiger partial charge < -0.3 is 4.57 Å². The second-order valence-corrected chi connectivity index (χ2v) is 6.51. The zero-order chi connectivity index (χ0) is 19.7. The van der Waals surface area contributed by atoms with E-state index in [0.717, 1.165) is 0 Å². The van der Waals surface area contributed by atoms with Gasteiger partial charge in [-0.2, -0.15) is 10.1 Å². The summed E-state index contributed by atoms with van der Waals surface area (Å²) in [5.41, 5.74) is 0.959. The van der Waals surface area contributed by atoms with E-state index in [4.69, 9.17) is 0 Å². The number of aromatic amines is 1. The lowest BCUT2D eigenvalue weighted by Gasteiger charge is -2.10. The predicted octanol–water partition coefficient (Wildman–Crippen LogP) is 3.30. The Labute approximate surface area is 160 Å². The minimum atomic E-state index is -0.397. The van der Waals surface area contributed by atoms with Gasteiger partial charge >= 0.3 is 0 Å². The van der Waals surface area contributed by atoms with Gasteiger partial charge in [0.05, 0.1) is 11.9 Å². The molecule has 8 nitrogen and oxygen atoms in total. The largest absolute Gasteiger partial charge is 0.308 e. The van der Waals surface area contributed by atoms with Crippen LogP contribution in [0.3, 0.4) is 0 Å². The fourth-order valence-corrected chi connectivity index (χ4v) is 2.75. The molecule has 0 saturated heterocycles. The van der Waals surface area contributed by atoms with Crippen LogP contribution in [0.1, 0.15) is 35.9 Å². The molecule has 1 amide bonds. The molecular formula is C19H18FN7O. The molecular weight excluding hydrogens is 361 g/mol. The molecule has 0 spiro atoms. The lowest BCUT2D eigenvalue weighted by Crippen LogP contribution is -2.16. The molecule has 142 valence electrons. The summed E-state index contributed by atoms with van der Waals surface area (Å²) in [5.74, 6) is 0.821. The fourth-order valence-electron chi connectivity index (χ4n) is 2.75. The van der Waals surface area contributed by atoms with E-state index in [-0.39, 0.29) is 17.7 Å². The highest BCUT2D eigenvalue weighted by Crippen LogP contribution is 2.21. The Morgan fingerprint density at radius 3 is 2.54 bits per heavy atom. The van der Waals surface area contributed by atoms with Crippen molar-refractivity contribution in [3.63, 3.8) is 0 Å². The Hall–Kier alpha value is -3.75. The van der Waals surface area contributed by atoms with Crippen LogP contribution in [0.4, 0.5) is 10.3 Å². The number of amides is 1. The molecule has 3 aromatic heterocycles. The minimum Gasteiger partial charge on any atom is -0.308 e. The number of rotatable bonds is 5. The van der Waals surface area contributed by atoms with Gasteiger partial charge in [-0.25, -0.2) is 9.07 Å². The van der Waals surface area contributed by atoms with Crippen molar-refractivity contribution in [3.05, 3.63) is 72.2 Å². The van der Waals surface area contributed by atoms with Crippen molar-refractivity contribution in [3.8, 4) is 11.5 Å². The van der Waals surface area contributed by atoms with Gasteiger partial charge in [0.2, 0.25) is 5.95 Å². The lowest BCUT2D eigenvalue weighted by atomic mass is 10.2. The number of halogens is 1. The van der Waals surface area contributed by atoms with Gasteiger partial charge in [-0.1, -0.05) is 13.8 Å². The van der Waals surface area contributed by atoms with Gasteiger partial charge in [-0.05, 0) is 36.4 Å². The number of nitrogens with one attached hydrogen (secondary N) is 2. The normalized spacial score (nSPS) is 11.1. The van der Waals surface area contributed by atoms with Crippen LogP contribution in [-0.4, -0.2) is 35.4 Å². The van der Waals surface area contributed by atoms with Gasteiger partial charge in [0, 0.05) is 18.3 Å². The average Bonchev–Trinajstić information content (AvgIpc) is 3.42. The molecule has 3 heterocycles. The topological polar surface area (TPSA) is 93.4 Å². The molecule has 2 N–H and O–H groups in total. The van der Waals surface area contributed by atoms with Gasteiger partial charge in [0.1, 0.15) is 17.2 Å². The summed E-state index contributed by atoms with van der Waals surface area (Å²) >= 11 is 0. The molecule has 0 unspecified atom stereocenters. The van der Waals surface area contributed by atoms with E-state index >= 15 is 0 Å². The Bertz CT molecular complexity index is 1090. The predicted molar refractivity (Wildman–Crippen MR) is 101 cm³/mol. The van der Waals surface area contributed by atoms with Gasteiger partial charge in [0.15, 0.2) is 5.82 Å².